The molecule has 0 aliphatic heterocycles. The minimum Gasteiger partial charge on any atom is -0.480 e. The molecule has 0 spiro atoms. The molecule has 0 aliphatic carbocycles. The lowest BCUT2D eigenvalue weighted by atomic mass is 10.0. The van der Waals surface area contributed by atoms with E-state index in [4.69, 9.17) is 57.3 Å². The van der Waals surface area contributed by atoms with Gasteiger partial charge in [0, 0.05) is 19.6 Å². The van der Waals surface area contributed by atoms with Crippen molar-refractivity contribution < 1.29 is 33.9 Å². The fraction of sp³-hybridized carbons (Fsp3) is 0.750. The quantitative estimate of drug-likeness (QED) is 0.0160. The molecule has 0 aromatic heterocycles. The number of amides is 5. The molecular formula is C36H74N18O7. The second-order valence-electron chi connectivity index (χ2n) is 14.5. The maximum Gasteiger partial charge on any atom is 0.326 e. The highest BCUT2D eigenvalue weighted by Crippen LogP contribution is 2.10. The molecule has 350 valence electrons. The van der Waals surface area contributed by atoms with Crippen molar-refractivity contribution in [3.63, 3.8) is 0 Å². The molecule has 25 heteroatoms. The molecule has 0 aliphatic rings. The van der Waals surface area contributed by atoms with Gasteiger partial charge in [0.05, 0.1) is 6.04 Å². The van der Waals surface area contributed by atoms with Gasteiger partial charge in [0.25, 0.3) is 0 Å². The third kappa shape index (κ3) is 27.0. The Morgan fingerprint density at radius 3 is 0.951 bits per heavy atom. The molecule has 0 heterocycles. The van der Waals surface area contributed by atoms with E-state index < -0.39 is 71.8 Å². The van der Waals surface area contributed by atoms with Crippen LogP contribution >= 0.6 is 0 Å². The lowest BCUT2D eigenvalue weighted by Crippen LogP contribution is -2.59. The van der Waals surface area contributed by atoms with Gasteiger partial charge < -0.3 is 89.0 Å². The first-order valence-electron chi connectivity index (χ1n) is 20.7. The molecule has 5 amide bonds. The van der Waals surface area contributed by atoms with Gasteiger partial charge >= 0.3 is 5.97 Å². The second-order valence-corrected chi connectivity index (χ2v) is 14.5. The zero-order valence-corrected chi connectivity index (χ0v) is 35.3. The summed E-state index contributed by atoms with van der Waals surface area (Å²) in [6.07, 6.45) is 4.39. The van der Waals surface area contributed by atoms with Crippen LogP contribution in [0.5, 0.6) is 0 Å². The van der Waals surface area contributed by atoms with E-state index in [-0.39, 0.29) is 88.9 Å². The number of carbonyl (C=O) groups excluding carboxylic acids is 5. The topological polar surface area (TPSA) is 480 Å². The monoisotopic (exact) mass is 871 g/mol. The highest BCUT2D eigenvalue weighted by atomic mass is 16.4. The number of carboxylic acid groups (broad SMARTS) is 1. The Balaban J connectivity index is 6.50. The number of hydrogen-bond acceptors (Lipinski definition) is 13. The van der Waals surface area contributed by atoms with E-state index in [2.05, 4.69) is 41.6 Å². The summed E-state index contributed by atoms with van der Waals surface area (Å²) in [4.78, 5) is 92.1. The largest absolute Gasteiger partial charge is 0.480 e. The first-order valence-corrected chi connectivity index (χ1v) is 20.7. The number of unbranched alkanes of at least 4 members (excludes halogenated alkanes) is 3. The van der Waals surface area contributed by atoms with Crippen molar-refractivity contribution in [1.82, 2.24) is 26.6 Å². The van der Waals surface area contributed by atoms with Crippen LogP contribution in [0, 0.1) is 0 Å². The number of nitrogens with one attached hydrogen (secondary N) is 5. The average Bonchev–Trinajstić information content (AvgIpc) is 3.19. The summed E-state index contributed by atoms with van der Waals surface area (Å²) < 4.78 is 0. The van der Waals surface area contributed by atoms with Crippen molar-refractivity contribution in [2.75, 3.05) is 39.3 Å². The Labute approximate surface area is 357 Å². The van der Waals surface area contributed by atoms with E-state index >= 15 is 0 Å². The predicted octanol–water partition coefficient (Wildman–Crippen LogP) is -5.63. The average molecular weight is 871 g/mol. The van der Waals surface area contributed by atoms with Crippen LogP contribution in [0.1, 0.15) is 96.3 Å². The fourth-order valence-corrected chi connectivity index (χ4v) is 5.84. The van der Waals surface area contributed by atoms with Gasteiger partial charge in [-0.15, -0.1) is 0 Å². The van der Waals surface area contributed by atoms with Crippen LogP contribution in [0.2, 0.25) is 0 Å². The van der Waals surface area contributed by atoms with Gasteiger partial charge in [0.2, 0.25) is 29.5 Å². The van der Waals surface area contributed by atoms with Crippen molar-refractivity contribution in [1.29, 1.82) is 0 Å². The molecule has 0 aromatic carbocycles. The van der Waals surface area contributed by atoms with E-state index in [0.29, 0.717) is 64.6 Å². The first-order chi connectivity index (χ1) is 29.0. The molecule has 0 rings (SSSR count). The van der Waals surface area contributed by atoms with E-state index in [1.807, 2.05) is 0 Å². The van der Waals surface area contributed by atoms with Gasteiger partial charge in [-0.1, -0.05) is 6.42 Å². The highest BCUT2D eigenvalue weighted by molar-refractivity contribution is 5.96. The van der Waals surface area contributed by atoms with Crippen LogP contribution in [0.25, 0.3) is 0 Å². The molecule has 6 atom stereocenters. The van der Waals surface area contributed by atoms with E-state index in [1.54, 1.807) is 0 Å². The smallest absolute Gasteiger partial charge is 0.326 e. The Hall–Kier alpha value is -5.53. The summed E-state index contributed by atoms with van der Waals surface area (Å²) in [6, 6.07) is -7.09. The third-order valence-corrected chi connectivity index (χ3v) is 9.18. The molecule has 0 saturated carbocycles. The van der Waals surface area contributed by atoms with E-state index in [0.717, 1.165) is 0 Å². The summed E-state index contributed by atoms with van der Waals surface area (Å²) in [5.41, 5.74) is 55.6. The number of aliphatic carboxylic acids is 1. The first kappa shape index (κ1) is 55.5. The van der Waals surface area contributed by atoms with Crippen molar-refractivity contribution >= 4 is 53.4 Å². The molecule has 0 radical (unpaired) electrons. The number of rotatable bonds is 35. The molecule has 61 heavy (non-hydrogen) atoms. The summed E-state index contributed by atoms with van der Waals surface area (Å²) in [7, 11) is 0. The standard InChI is InChI=1S/C36H74N18O7/c37-16-4-1-10-22(40)28(55)50-25(13-7-19-47-34(41)42)30(57)51-23(11-2-5-17-38)29(56)53-26(14-8-20-48-35(43)44)31(58)52-24(12-3-6-18-39)32(59)54-27(33(60)61)15-9-21-49-36(45)46/h22-27H,1-21,37-40H2,(H,50,55)(H,51,57)(H,52,58)(H,53,56)(H,54,59)(H,60,61)(H4,41,42,47)(H4,43,44,48)(H4,45,46,49)/t22-,23-,24-,25-,26-,27-/m0/s1. The Morgan fingerprint density at radius 2 is 0.656 bits per heavy atom. The van der Waals surface area contributed by atoms with Crippen molar-refractivity contribution in [2.24, 2.45) is 72.3 Å². The predicted molar refractivity (Wildman–Crippen MR) is 234 cm³/mol. The Bertz CT molecular complexity index is 1420. The Kier molecular flexibility index (Phi) is 30.2. The summed E-state index contributed by atoms with van der Waals surface area (Å²) in [5.74, 6) is -5.37. The van der Waals surface area contributed by atoms with Crippen LogP contribution in [0.15, 0.2) is 15.0 Å². The molecule has 0 bridgehead atoms. The molecule has 0 saturated heterocycles. The van der Waals surface area contributed by atoms with Gasteiger partial charge in [0.1, 0.15) is 30.2 Å². The van der Waals surface area contributed by atoms with Gasteiger partial charge in [-0.3, -0.25) is 38.9 Å². The number of nitrogens with two attached hydrogens (primary N) is 10. The summed E-state index contributed by atoms with van der Waals surface area (Å²) in [6.45, 7) is 1.41. The number of guanidine groups is 3. The van der Waals surface area contributed by atoms with Crippen LogP contribution in [0.4, 0.5) is 0 Å². The van der Waals surface area contributed by atoms with Crippen LogP contribution < -0.4 is 83.9 Å². The zero-order chi connectivity index (χ0) is 46.2. The minimum atomic E-state index is -1.32. The van der Waals surface area contributed by atoms with Crippen LogP contribution in [-0.2, 0) is 28.8 Å². The molecule has 0 aromatic rings. The lowest BCUT2D eigenvalue weighted by Gasteiger charge is -2.27. The highest BCUT2D eigenvalue weighted by Gasteiger charge is 2.32. The van der Waals surface area contributed by atoms with Gasteiger partial charge in [-0.2, -0.15) is 0 Å². The molecule has 26 N–H and O–H groups in total. The maximum absolute atomic E-state index is 14.0. The molecule has 25 nitrogen and oxygen atoms in total. The fourth-order valence-electron chi connectivity index (χ4n) is 5.84. The van der Waals surface area contributed by atoms with Gasteiger partial charge in [0.15, 0.2) is 17.9 Å². The lowest BCUT2D eigenvalue weighted by molar-refractivity contribution is -0.142. The second kappa shape index (κ2) is 33.2. The van der Waals surface area contributed by atoms with Crippen molar-refractivity contribution in [3.8, 4) is 0 Å². The summed E-state index contributed by atoms with van der Waals surface area (Å²) >= 11 is 0. The SMILES string of the molecule is NCCCC[C@H](NC(=O)[C@H](CCCN=C(N)N)NC(=O)[C@H](CCCCN)NC(=O)[C@H](CCCN=C(N)N)NC(=O)[C@@H](N)CCCCN)C(=O)N[C@@H](CCCN=C(N)N)C(=O)O. The summed E-state index contributed by atoms with van der Waals surface area (Å²) in [5, 5.41) is 23.0. The number of hydrogen-bond donors (Lipinski definition) is 16. The number of carbonyl (C=O) groups is 6. The third-order valence-electron chi connectivity index (χ3n) is 9.18. The molecular weight excluding hydrogens is 797 g/mol. The van der Waals surface area contributed by atoms with E-state index in [1.165, 1.54) is 0 Å². The zero-order valence-electron chi connectivity index (χ0n) is 35.3. The number of nitrogens with zero attached hydrogens (tertiary/aromatic N) is 3. The van der Waals surface area contributed by atoms with Crippen LogP contribution in [-0.4, -0.2) is 134 Å². The normalized spacial score (nSPS) is 13.8. The van der Waals surface area contributed by atoms with Crippen molar-refractivity contribution in [3.05, 3.63) is 0 Å². The molecule has 0 unspecified atom stereocenters. The maximum atomic E-state index is 14.0. The van der Waals surface area contributed by atoms with Gasteiger partial charge in [-0.05, 0) is 110 Å². The van der Waals surface area contributed by atoms with Crippen LogP contribution in [0.3, 0.4) is 0 Å². The number of carboxylic acids is 1. The Morgan fingerprint density at radius 1 is 0.393 bits per heavy atom. The number of aliphatic imine (C=N–C) groups is 3. The minimum absolute atomic E-state index is 0.00946. The molecule has 0 fully saturated rings. The van der Waals surface area contributed by atoms with Gasteiger partial charge in [-0.25, -0.2) is 4.79 Å². The van der Waals surface area contributed by atoms with Crippen molar-refractivity contribution in [2.45, 2.75) is 133 Å². The van der Waals surface area contributed by atoms with E-state index in [9.17, 15) is 33.9 Å².